The van der Waals surface area contributed by atoms with Crippen molar-refractivity contribution in [2.75, 3.05) is 6.66 Å². The molecule has 0 aliphatic rings. The van der Waals surface area contributed by atoms with Gasteiger partial charge in [0, 0.05) is 0 Å². The van der Waals surface area contributed by atoms with Crippen molar-refractivity contribution in [3.05, 3.63) is 133 Å². The van der Waals surface area contributed by atoms with Crippen molar-refractivity contribution in [1.82, 2.24) is 0 Å². The van der Waals surface area contributed by atoms with Crippen molar-refractivity contribution in [3.63, 3.8) is 0 Å². The molecule has 0 heterocycles. The number of rotatable bonds is 4. The first-order valence-corrected chi connectivity index (χ1v) is 13.1. The van der Waals surface area contributed by atoms with Crippen LogP contribution in [-0.2, 0) is 0 Å². The van der Waals surface area contributed by atoms with Crippen LogP contribution in [0.15, 0.2) is 133 Å². The Bertz CT molecular complexity index is 1190. The Labute approximate surface area is 178 Å². The molecule has 0 aromatic heterocycles. The van der Waals surface area contributed by atoms with Crippen LogP contribution >= 0.6 is 6.60 Å². The summed E-state index contributed by atoms with van der Waals surface area (Å²) in [5.74, 6) is 0. The van der Waals surface area contributed by atoms with Gasteiger partial charge in [0.15, 0.2) is 0 Å². The van der Waals surface area contributed by atoms with Crippen molar-refractivity contribution in [2.24, 2.45) is 0 Å². The van der Waals surface area contributed by atoms with Crippen LogP contribution in [0, 0.1) is 0 Å². The Morgan fingerprint density at radius 3 is 1.30 bits per heavy atom. The molecule has 0 fully saturated rings. The Hall–Kier alpha value is -3.21. The van der Waals surface area contributed by atoms with Gasteiger partial charge in [-0.25, -0.2) is 0 Å². The molecule has 0 bridgehead atoms. The van der Waals surface area contributed by atoms with E-state index in [0.717, 1.165) is 0 Å². The summed E-state index contributed by atoms with van der Waals surface area (Å²) in [7, 11) is 0. The molecule has 0 atom stereocenters. The predicted molar refractivity (Wildman–Crippen MR) is 135 cm³/mol. The SMILES string of the molecule is CP(c1ccccc1)(c1ccccc1)(c1ccccc1)c1cccc2ccccc12. The van der Waals surface area contributed by atoms with Gasteiger partial charge in [-0.3, -0.25) is 0 Å². The van der Waals surface area contributed by atoms with E-state index in [9.17, 15) is 0 Å². The minimum absolute atomic E-state index is 1.29. The molecular weight excluding hydrogens is 379 g/mol. The zero-order valence-electron chi connectivity index (χ0n) is 17.1. The van der Waals surface area contributed by atoms with Gasteiger partial charge in [0.05, 0.1) is 0 Å². The Morgan fingerprint density at radius 1 is 0.400 bits per heavy atom. The molecule has 0 spiro atoms. The van der Waals surface area contributed by atoms with Crippen LogP contribution in [0.2, 0.25) is 0 Å². The summed E-state index contributed by atoms with van der Waals surface area (Å²) >= 11 is 0. The van der Waals surface area contributed by atoms with Crippen LogP contribution in [0.25, 0.3) is 10.8 Å². The van der Waals surface area contributed by atoms with Gasteiger partial charge >= 0.3 is 179 Å². The predicted octanol–water partition coefficient (Wildman–Crippen LogP) is 5.62. The average Bonchev–Trinajstić information content (AvgIpc) is 2.85. The summed E-state index contributed by atoms with van der Waals surface area (Å²) in [6, 6.07) is 48.9. The van der Waals surface area contributed by atoms with E-state index in [1.165, 1.54) is 32.0 Å². The van der Waals surface area contributed by atoms with E-state index in [4.69, 9.17) is 0 Å². The fourth-order valence-electron chi connectivity index (χ4n) is 4.96. The minimum atomic E-state index is -2.99. The van der Waals surface area contributed by atoms with Gasteiger partial charge in [-0.05, 0) is 0 Å². The van der Waals surface area contributed by atoms with Gasteiger partial charge in [-0.1, -0.05) is 0 Å². The molecule has 5 aromatic carbocycles. The Kier molecular flexibility index (Phi) is 4.54. The van der Waals surface area contributed by atoms with Crippen molar-refractivity contribution in [3.8, 4) is 0 Å². The second-order valence-electron chi connectivity index (χ2n) is 8.07. The molecule has 0 amide bonds. The monoisotopic (exact) mass is 404 g/mol. The van der Waals surface area contributed by atoms with Crippen LogP contribution in [0.1, 0.15) is 0 Å². The van der Waals surface area contributed by atoms with E-state index in [1.54, 1.807) is 0 Å². The quantitative estimate of drug-likeness (QED) is 0.341. The van der Waals surface area contributed by atoms with Gasteiger partial charge in [0.1, 0.15) is 0 Å². The van der Waals surface area contributed by atoms with E-state index < -0.39 is 6.60 Å². The van der Waals surface area contributed by atoms with Crippen LogP contribution in [0.5, 0.6) is 0 Å². The molecule has 0 N–H and O–H groups in total. The van der Waals surface area contributed by atoms with E-state index in [1.807, 2.05) is 0 Å². The summed E-state index contributed by atoms with van der Waals surface area (Å²) in [6.07, 6.45) is 0. The summed E-state index contributed by atoms with van der Waals surface area (Å²) in [4.78, 5) is 0. The first kappa shape index (κ1) is 18.8. The third-order valence-electron chi connectivity index (χ3n) is 6.57. The van der Waals surface area contributed by atoms with Crippen LogP contribution in [0.4, 0.5) is 0 Å². The maximum atomic E-state index is 2.52. The molecule has 0 radical (unpaired) electrons. The van der Waals surface area contributed by atoms with Crippen molar-refractivity contribution in [1.29, 1.82) is 0 Å². The molecule has 1 heteroatoms. The third-order valence-corrected chi connectivity index (χ3v) is 12.9. The van der Waals surface area contributed by atoms with E-state index in [2.05, 4.69) is 140 Å². The first-order chi connectivity index (χ1) is 14.7. The van der Waals surface area contributed by atoms with E-state index in [0.29, 0.717) is 0 Å². The molecule has 0 aliphatic carbocycles. The fraction of sp³-hybridized carbons (Fsp3) is 0.0345. The molecule has 30 heavy (non-hydrogen) atoms. The zero-order valence-corrected chi connectivity index (χ0v) is 18.0. The number of hydrogen-bond acceptors (Lipinski definition) is 0. The Morgan fingerprint density at radius 2 is 0.800 bits per heavy atom. The fourth-order valence-corrected chi connectivity index (χ4v) is 10.7. The van der Waals surface area contributed by atoms with Crippen molar-refractivity contribution >= 4 is 38.6 Å². The molecular formula is C29H25P. The summed E-state index contributed by atoms with van der Waals surface area (Å²) < 4.78 is 0. The second-order valence-corrected chi connectivity index (χ2v) is 13.2. The molecule has 0 nitrogen and oxygen atoms in total. The maximum absolute atomic E-state index is 2.99. The summed E-state index contributed by atoms with van der Waals surface area (Å²) in [5.41, 5.74) is 0. The van der Waals surface area contributed by atoms with Gasteiger partial charge in [0.2, 0.25) is 0 Å². The van der Waals surface area contributed by atoms with Crippen molar-refractivity contribution in [2.45, 2.75) is 0 Å². The van der Waals surface area contributed by atoms with Gasteiger partial charge in [-0.15, -0.1) is 0 Å². The topological polar surface area (TPSA) is 0 Å². The van der Waals surface area contributed by atoms with E-state index >= 15 is 0 Å². The van der Waals surface area contributed by atoms with E-state index in [-0.39, 0.29) is 0 Å². The van der Waals surface area contributed by atoms with Crippen LogP contribution in [-0.4, -0.2) is 6.66 Å². The van der Waals surface area contributed by atoms with Gasteiger partial charge in [-0.2, -0.15) is 0 Å². The summed E-state index contributed by atoms with van der Waals surface area (Å²) in [6.45, 7) is -0.468. The zero-order chi connectivity index (χ0) is 20.5. The third kappa shape index (κ3) is 2.58. The molecule has 0 aliphatic heterocycles. The van der Waals surface area contributed by atoms with Gasteiger partial charge in [0.25, 0.3) is 0 Å². The van der Waals surface area contributed by atoms with Crippen LogP contribution in [0.3, 0.4) is 0 Å². The van der Waals surface area contributed by atoms with Crippen molar-refractivity contribution < 1.29 is 0 Å². The Balaban J connectivity index is 2.07. The number of benzene rings is 5. The molecule has 5 rings (SSSR count). The molecule has 0 saturated carbocycles. The standard InChI is InChI=1S/C29H25P/c1-30(25-16-5-2-6-17-25,26-18-7-3-8-19-26,27-20-9-4-10-21-27)29-23-13-15-24-14-11-12-22-28(24)29/h2-23H,1H3. The molecule has 146 valence electrons. The molecule has 0 saturated heterocycles. The average molecular weight is 404 g/mol. The first-order valence-electron chi connectivity index (χ1n) is 10.4. The summed E-state index contributed by atoms with van der Waals surface area (Å²) in [5, 5.41) is 8.19. The second kappa shape index (κ2) is 7.24. The molecule has 0 unspecified atom stereocenters. The number of fused-ring (bicyclic) bond motifs is 1. The van der Waals surface area contributed by atoms with Crippen LogP contribution < -0.4 is 21.2 Å². The number of hydrogen-bond donors (Lipinski definition) is 0. The molecule has 5 aromatic rings. The van der Waals surface area contributed by atoms with Gasteiger partial charge < -0.3 is 0 Å². The normalized spacial score (nSPS) is 12.9.